The first-order chi connectivity index (χ1) is 13.0. The van der Waals surface area contributed by atoms with Crippen LogP contribution in [0, 0.1) is 13.8 Å². The highest BCUT2D eigenvalue weighted by molar-refractivity contribution is 7.17. The maximum Gasteiger partial charge on any atom is 0.263 e. The van der Waals surface area contributed by atoms with Gasteiger partial charge in [0, 0.05) is 16.5 Å². The number of aromatic nitrogens is 2. The summed E-state index contributed by atoms with van der Waals surface area (Å²) in [6.45, 7) is 3.98. The van der Waals surface area contributed by atoms with Gasteiger partial charge >= 0.3 is 0 Å². The summed E-state index contributed by atoms with van der Waals surface area (Å²) in [5, 5.41) is 2.53. The standard InChI is InChI=1S/C22H18N2O2S/c1-14-3-7-16(8-4-14)18-12-27-21-20(18)22(26)24(13-23-21)11-19(25)17-9-5-15(2)6-10-17/h3-10,12-13H,11H2,1-2H3. The van der Waals surface area contributed by atoms with Crippen molar-refractivity contribution in [2.75, 3.05) is 0 Å². The summed E-state index contributed by atoms with van der Waals surface area (Å²) in [6.07, 6.45) is 1.46. The summed E-state index contributed by atoms with van der Waals surface area (Å²) in [7, 11) is 0. The normalized spacial score (nSPS) is 11.0. The minimum absolute atomic E-state index is 0.0198. The van der Waals surface area contributed by atoms with Gasteiger partial charge in [-0.2, -0.15) is 0 Å². The van der Waals surface area contributed by atoms with Crippen molar-refractivity contribution < 1.29 is 4.79 Å². The number of carbonyl (C=O) groups excluding carboxylic acids is 1. The number of benzene rings is 2. The molecule has 0 N–H and O–H groups in total. The van der Waals surface area contributed by atoms with Gasteiger partial charge in [0.2, 0.25) is 0 Å². The molecule has 0 fully saturated rings. The molecular weight excluding hydrogens is 356 g/mol. The molecule has 4 rings (SSSR count). The van der Waals surface area contributed by atoms with E-state index in [4.69, 9.17) is 0 Å². The molecule has 2 aromatic carbocycles. The Morgan fingerprint density at radius 3 is 2.30 bits per heavy atom. The van der Waals surface area contributed by atoms with E-state index in [0.717, 1.165) is 22.3 Å². The third kappa shape index (κ3) is 3.34. The molecule has 0 spiro atoms. The van der Waals surface area contributed by atoms with Crippen LogP contribution in [0.25, 0.3) is 21.3 Å². The lowest BCUT2D eigenvalue weighted by Crippen LogP contribution is -2.24. The number of nitrogens with zero attached hydrogens (tertiary/aromatic N) is 2. The molecule has 0 saturated heterocycles. The van der Waals surface area contributed by atoms with Gasteiger partial charge in [0.05, 0.1) is 18.3 Å². The first-order valence-corrected chi connectivity index (χ1v) is 9.54. The Balaban J connectivity index is 1.74. The largest absolute Gasteiger partial charge is 0.292 e. The number of Topliss-reactive ketones (excluding diaryl/α,β-unsaturated/α-hetero) is 1. The first kappa shape index (κ1) is 17.4. The summed E-state index contributed by atoms with van der Waals surface area (Å²) in [4.78, 5) is 30.7. The SMILES string of the molecule is Cc1ccc(C(=O)Cn2cnc3scc(-c4ccc(C)cc4)c3c2=O)cc1. The predicted octanol–water partition coefficient (Wildman–Crippen LogP) is 4.62. The summed E-state index contributed by atoms with van der Waals surface area (Å²) < 4.78 is 1.40. The van der Waals surface area contributed by atoms with Crippen LogP contribution in [0.3, 0.4) is 0 Å². The molecule has 134 valence electrons. The average molecular weight is 374 g/mol. The molecule has 0 radical (unpaired) electrons. The van der Waals surface area contributed by atoms with Crippen molar-refractivity contribution >= 4 is 27.3 Å². The lowest BCUT2D eigenvalue weighted by molar-refractivity contribution is 0.0970. The molecule has 0 atom stereocenters. The maximum absolute atomic E-state index is 13.0. The number of carbonyl (C=O) groups is 1. The summed E-state index contributed by atoms with van der Waals surface area (Å²) in [5.74, 6) is -0.106. The fraction of sp³-hybridized carbons (Fsp3) is 0.136. The molecule has 4 aromatic rings. The lowest BCUT2D eigenvalue weighted by atomic mass is 10.0. The number of hydrogen-bond donors (Lipinski definition) is 0. The van der Waals surface area contributed by atoms with Crippen molar-refractivity contribution in [3.63, 3.8) is 0 Å². The van der Waals surface area contributed by atoms with Gasteiger partial charge in [0.25, 0.3) is 5.56 Å². The van der Waals surface area contributed by atoms with Gasteiger partial charge in [-0.1, -0.05) is 59.7 Å². The zero-order chi connectivity index (χ0) is 19.0. The van der Waals surface area contributed by atoms with E-state index in [1.54, 1.807) is 12.1 Å². The number of thiophene rings is 1. The third-order valence-electron chi connectivity index (χ3n) is 4.61. The van der Waals surface area contributed by atoms with Crippen LogP contribution in [0.2, 0.25) is 0 Å². The predicted molar refractivity (Wildman–Crippen MR) is 110 cm³/mol. The van der Waals surface area contributed by atoms with Gasteiger partial charge in [-0.3, -0.25) is 14.2 Å². The number of ketones is 1. The molecule has 0 amide bonds. The zero-order valence-corrected chi connectivity index (χ0v) is 15.9. The molecular formula is C22H18N2O2S. The Morgan fingerprint density at radius 2 is 1.63 bits per heavy atom. The van der Waals surface area contributed by atoms with Crippen LogP contribution < -0.4 is 5.56 Å². The van der Waals surface area contributed by atoms with Crippen molar-refractivity contribution in [1.29, 1.82) is 0 Å². The Hall–Kier alpha value is -3.05. The fourth-order valence-corrected chi connectivity index (χ4v) is 3.92. The highest BCUT2D eigenvalue weighted by atomic mass is 32.1. The molecule has 0 saturated carbocycles. The smallest absolute Gasteiger partial charge is 0.263 e. The molecule has 0 unspecified atom stereocenters. The quantitative estimate of drug-likeness (QED) is 0.490. The molecule has 0 aliphatic carbocycles. The van der Waals surface area contributed by atoms with Crippen molar-refractivity contribution in [1.82, 2.24) is 9.55 Å². The fourth-order valence-electron chi connectivity index (χ4n) is 3.01. The van der Waals surface area contributed by atoms with Crippen LogP contribution in [-0.4, -0.2) is 15.3 Å². The molecule has 5 heteroatoms. The minimum Gasteiger partial charge on any atom is -0.292 e. The van der Waals surface area contributed by atoms with E-state index in [1.807, 2.05) is 55.6 Å². The van der Waals surface area contributed by atoms with E-state index in [-0.39, 0.29) is 17.9 Å². The van der Waals surface area contributed by atoms with Gasteiger partial charge in [-0.05, 0) is 19.4 Å². The Bertz CT molecular complexity index is 1190. The van der Waals surface area contributed by atoms with Crippen molar-refractivity contribution in [2.24, 2.45) is 0 Å². The molecule has 2 aromatic heterocycles. The highest BCUT2D eigenvalue weighted by Gasteiger charge is 2.15. The molecule has 27 heavy (non-hydrogen) atoms. The van der Waals surface area contributed by atoms with Crippen LogP contribution in [0.1, 0.15) is 21.5 Å². The monoisotopic (exact) mass is 374 g/mol. The minimum atomic E-state index is -0.183. The number of aryl methyl sites for hydroxylation is 2. The number of fused-ring (bicyclic) bond motifs is 1. The number of rotatable bonds is 4. The maximum atomic E-state index is 13.0. The van der Waals surface area contributed by atoms with E-state index in [1.165, 1.54) is 22.2 Å². The summed E-state index contributed by atoms with van der Waals surface area (Å²) >= 11 is 1.44. The highest BCUT2D eigenvalue weighted by Crippen LogP contribution is 2.30. The van der Waals surface area contributed by atoms with Gasteiger partial charge in [-0.15, -0.1) is 11.3 Å². The molecule has 4 nitrogen and oxygen atoms in total. The van der Waals surface area contributed by atoms with E-state index in [0.29, 0.717) is 15.8 Å². The van der Waals surface area contributed by atoms with Crippen LogP contribution in [0.4, 0.5) is 0 Å². The van der Waals surface area contributed by atoms with E-state index in [9.17, 15) is 9.59 Å². The average Bonchev–Trinajstić information content (AvgIpc) is 3.10. The van der Waals surface area contributed by atoms with Crippen LogP contribution in [0.15, 0.2) is 65.0 Å². The van der Waals surface area contributed by atoms with Crippen LogP contribution in [0.5, 0.6) is 0 Å². The Labute approximate surface area is 160 Å². The van der Waals surface area contributed by atoms with Crippen molar-refractivity contribution in [3.8, 4) is 11.1 Å². The van der Waals surface area contributed by atoms with Gasteiger partial charge in [0.1, 0.15) is 4.83 Å². The lowest BCUT2D eigenvalue weighted by Gasteiger charge is -2.06. The number of hydrogen-bond acceptors (Lipinski definition) is 4. The van der Waals surface area contributed by atoms with Crippen molar-refractivity contribution in [2.45, 2.75) is 20.4 Å². The van der Waals surface area contributed by atoms with Gasteiger partial charge in [-0.25, -0.2) is 4.98 Å². The van der Waals surface area contributed by atoms with E-state index < -0.39 is 0 Å². The second-order valence-corrected chi connectivity index (χ2v) is 7.52. The van der Waals surface area contributed by atoms with Gasteiger partial charge < -0.3 is 0 Å². The molecule has 0 aliphatic rings. The summed E-state index contributed by atoms with van der Waals surface area (Å²) in [6, 6.07) is 15.4. The Morgan fingerprint density at radius 1 is 1.00 bits per heavy atom. The third-order valence-corrected chi connectivity index (χ3v) is 5.50. The Kier molecular flexibility index (Phi) is 4.46. The summed E-state index contributed by atoms with van der Waals surface area (Å²) in [5.41, 5.74) is 4.51. The molecule has 0 bridgehead atoms. The van der Waals surface area contributed by atoms with Crippen molar-refractivity contribution in [3.05, 3.63) is 87.3 Å². The first-order valence-electron chi connectivity index (χ1n) is 8.66. The second-order valence-electron chi connectivity index (χ2n) is 6.66. The second kappa shape index (κ2) is 6.93. The van der Waals surface area contributed by atoms with Crippen LogP contribution in [-0.2, 0) is 6.54 Å². The van der Waals surface area contributed by atoms with Gasteiger partial charge in [0.15, 0.2) is 5.78 Å². The topological polar surface area (TPSA) is 52.0 Å². The molecule has 0 aliphatic heterocycles. The zero-order valence-electron chi connectivity index (χ0n) is 15.1. The molecule has 2 heterocycles. The van der Waals surface area contributed by atoms with Crippen LogP contribution >= 0.6 is 11.3 Å². The van der Waals surface area contributed by atoms with E-state index >= 15 is 0 Å². The van der Waals surface area contributed by atoms with E-state index in [2.05, 4.69) is 4.98 Å².